The lowest BCUT2D eigenvalue weighted by Crippen LogP contribution is -2.15. The molecule has 52 heavy (non-hydrogen) atoms. The molecule has 0 aliphatic heterocycles. The Morgan fingerprint density at radius 2 is 1.17 bits per heavy atom. The monoisotopic (exact) mass is 734 g/mol. The third kappa shape index (κ3) is 6.94. The molecule has 4 aromatic carbocycles. The Hall–Kier alpha value is -6.09. The van der Waals surface area contributed by atoms with Crippen LogP contribution in [-0.4, -0.2) is 28.7 Å². The van der Waals surface area contributed by atoms with Crippen LogP contribution in [0, 0.1) is 0 Å². The summed E-state index contributed by atoms with van der Waals surface area (Å²) in [5.41, 5.74) is 1.18. The maximum atomic E-state index is 13.5. The van der Waals surface area contributed by atoms with Crippen molar-refractivity contribution in [1.82, 2.24) is 28.7 Å². The molecule has 0 radical (unpaired) electrons. The van der Waals surface area contributed by atoms with E-state index >= 15 is 0 Å². The lowest BCUT2D eigenvalue weighted by atomic mass is 10.1. The molecule has 16 heteroatoms. The highest BCUT2D eigenvalue weighted by molar-refractivity contribution is 6.32. The SMILES string of the molecule is FC(F)(F)c1cc2nc(Cl)c3nccn3c2cc1NCc1ccccc1.O=c1[nH]c2cc(C(F)(F)F)c(NCc3ccccc3)cc2n2ccnc12. The minimum atomic E-state index is -4.56. The lowest BCUT2D eigenvalue weighted by Gasteiger charge is -2.16. The smallest absolute Gasteiger partial charge is 0.380 e. The Kier molecular flexibility index (Phi) is 8.96. The van der Waals surface area contributed by atoms with Crippen LogP contribution in [0.2, 0.25) is 5.15 Å². The summed E-state index contributed by atoms with van der Waals surface area (Å²) < 4.78 is 84.2. The lowest BCUT2D eigenvalue weighted by molar-refractivity contribution is -0.137. The topological polar surface area (TPSA) is 104 Å². The van der Waals surface area contributed by atoms with Gasteiger partial charge < -0.3 is 15.6 Å². The van der Waals surface area contributed by atoms with E-state index in [9.17, 15) is 31.1 Å². The summed E-state index contributed by atoms with van der Waals surface area (Å²) in [5, 5.41) is 5.80. The number of rotatable bonds is 6. The van der Waals surface area contributed by atoms with Crippen LogP contribution in [-0.2, 0) is 25.4 Å². The molecule has 0 fully saturated rings. The van der Waals surface area contributed by atoms with Crippen LogP contribution in [0.5, 0.6) is 0 Å². The summed E-state index contributed by atoms with van der Waals surface area (Å²) in [6.45, 7) is 0.509. The van der Waals surface area contributed by atoms with Gasteiger partial charge in [0.2, 0.25) is 5.65 Å². The van der Waals surface area contributed by atoms with Gasteiger partial charge in [0.1, 0.15) is 0 Å². The second kappa shape index (κ2) is 13.6. The van der Waals surface area contributed by atoms with Crippen molar-refractivity contribution >= 4 is 56.3 Å². The van der Waals surface area contributed by atoms with Crippen LogP contribution >= 0.6 is 11.6 Å². The van der Waals surface area contributed by atoms with E-state index in [0.29, 0.717) is 16.7 Å². The van der Waals surface area contributed by atoms with E-state index in [1.165, 1.54) is 28.9 Å². The van der Waals surface area contributed by atoms with E-state index in [2.05, 4.69) is 30.6 Å². The molecule has 0 aliphatic rings. The first-order valence-corrected chi connectivity index (χ1v) is 15.9. The molecule has 4 aromatic heterocycles. The van der Waals surface area contributed by atoms with Crippen LogP contribution in [0.3, 0.4) is 0 Å². The zero-order valence-corrected chi connectivity index (χ0v) is 27.4. The second-order valence-corrected chi connectivity index (χ2v) is 11.9. The summed E-state index contributed by atoms with van der Waals surface area (Å²) in [6.07, 6.45) is -2.95. The van der Waals surface area contributed by atoms with Gasteiger partial charge in [0.15, 0.2) is 10.8 Å². The van der Waals surface area contributed by atoms with Gasteiger partial charge >= 0.3 is 12.4 Å². The molecule has 0 saturated heterocycles. The minimum Gasteiger partial charge on any atom is -0.380 e. The standard InChI is InChI=1S/C18H12ClF3N4.C18H13F3N4O/c19-16-17-23-6-7-26(17)15-9-13(24-10-11-4-2-1-3-5-11)12(18(20,21)22)8-14(15)25-16;19-18(20,21)12-8-14-15(25-7-6-22-16(25)17(26)24-14)9-13(12)23-10-11-4-2-1-3-5-11/h1-9,24H,10H2;1-9,23H,10H2,(H,24,26). The van der Waals surface area contributed by atoms with E-state index in [0.717, 1.165) is 23.3 Å². The van der Waals surface area contributed by atoms with Gasteiger partial charge in [0.25, 0.3) is 5.56 Å². The number of alkyl halides is 6. The third-order valence-electron chi connectivity index (χ3n) is 8.17. The first-order chi connectivity index (χ1) is 24.9. The van der Waals surface area contributed by atoms with Gasteiger partial charge in [-0.3, -0.25) is 13.6 Å². The van der Waals surface area contributed by atoms with Gasteiger partial charge in [-0.2, -0.15) is 26.3 Å². The maximum Gasteiger partial charge on any atom is 0.418 e. The normalized spacial score (nSPS) is 12.0. The number of fused-ring (bicyclic) bond motifs is 6. The van der Waals surface area contributed by atoms with E-state index < -0.39 is 29.0 Å². The summed E-state index contributed by atoms with van der Waals surface area (Å²) in [7, 11) is 0. The van der Waals surface area contributed by atoms with E-state index in [1.807, 2.05) is 60.7 Å². The predicted octanol–water partition coefficient (Wildman–Crippen LogP) is 8.97. The Bertz CT molecular complexity index is 2600. The van der Waals surface area contributed by atoms with Gasteiger partial charge in [-0.05, 0) is 35.4 Å². The molecule has 264 valence electrons. The van der Waals surface area contributed by atoms with E-state index in [1.54, 1.807) is 16.8 Å². The van der Waals surface area contributed by atoms with Gasteiger partial charge in [-0.1, -0.05) is 72.3 Å². The van der Waals surface area contributed by atoms with E-state index in [-0.39, 0.29) is 46.3 Å². The molecule has 0 unspecified atom stereocenters. The van der Waals surface area contributed by atoms with Crippen LogP contribution in [0.25, 0.3) is 33.4 Å². The number of aromatic nitrogens is 6. The van der Waals surface area contributed by atoms with Crippen molar-refractivity contribution in [2.75, 3.05) is 10.6 Å². The quantitative estimate of drug-likeness (QED) is 0.147. The zero-order valence-electron chi connectivity index (χ0n) is 26.6. The Balaban J connectivity index is 0.000000162. The minimum absolute atomic E-state index is 0.0204. The Morgan fingerprint density at radius 3 is 1.73 bits per heavy atom. The molecule has 3 N–H and O–H groups in total. The van der Waals surface area contributed by atoms with Crippen molar-refractivity contribution in [3.63, 3.8) is 0 Å². The fourth-order valence-electron chi connectivity index (χ4n) is 5.75. The van der Waals surface area contributed by atoms with Crippen molar-refractivity contribution in [3.05, 3.63) is 147 Å². The molecule has 8 rings (SSSR count). The summed E-state index contributed by atoms with van der Waals surface area (Å²) in [4.78, 5) is 26.5. The number of anilines is 2. The van der Waals surface area contributed by atoms with Gasteiger partial charge in [-0.25, -0.2) is 15.0 Å². The highest BCUT2D eigenvalue weighted by atomic mass is 35.5. The Morgan fingerprint density at radius 1 is 0.673 bits per heavy atom. The fourth-order valence-corrected chi connectivity index (χ4v) is 5.98. The van der Waals surface area contributed by atoms with Crippen LogP contribution < -0.4 is 16.2 Å². The number of halogens is 7. The van der Waals surface area contributed by atoms with Gasteiger partial charge in [0, 0.05) is 49.3 Å². The number of hydrogen-bond donors (Lipinski definition) is 3. The molecular formula is C36H25ClF6N8O. The van der Waals surface area contributed by atoms with Crippen LogP contribution in [0.1, 0.15) is 22.3 Å². The molecule has 0 aliphatic carbocycles. The molecule has 0 atom stereocenters. The van der Waals surface area contributed by atoms with E-state index in [4.69, 9.17) is 11.6 Å². The van der Waals surface area contributed by atoms with Crippen LogP contribution in [0.4, 0.5) is 37.7 Å². The second-order valence-electron chi connectivity index (χ2n) is 11.6. The predicted molar refractivity (Wildman–Crippen MR) is 186 cm³/mol. The highest BCUT2D eigenvalue weighted by Gasteiger charge is 2.35. The highest BCUT2D eigenvalue weighted by Crippen LogP contribution is 2.39. The zero-order chi connectivity index (χ0) is 36.6. The van der Waals surface area contributed by atoms with Crippen molar-refractivity contribution in [3.8, 4) is 0 Å². The number of imidazole rings is 2. The van der Waals surface area contributed by atoms with Crippen molar-refractivity contribution in [2.45, 2.75) is 25.4 Å². The summed E-state index contributed by atoms with van der Waals surface area (Å²) in [5.74, 6) is 0. The number of benzene rings is 4. The van der Waals surface area contributed by atoms with Gasteiger partial charge in [-0.15, -0.1) is 0 Å². The largest absolute Gasteiger partial charge is 0.418 e. The summed E-state index contributed by atoms with van der Waals surface area (Å²) in [6, 6.07) is 23.1. The number of nitrogens with zero attached hydrogens (tertiary/aromatic N) is 5. The first-order valence-electron chi connectivity index (χ1n) is 15.6. The average molecular weight is 735 g/mol. The molecule has 0 spiro atoms. The average Bonchev–Trinajstić information content (AvgIpc) is 3.82. The number of nitrogens with one attached hydrogen (secondary N) is 3. The van der Waals surface area contributed by atoms with Crippen molar-refractivity contribution in [1.29, 1.82) is 0 Å². The molecule has 9 nitrogen and oxygen atoms in total. The number of hydrogen-bond acceptors (Lipinski definition) is 6. The molecule has 4 heterocycles. The van der Waals surface area contributed by atoms with Crippen LogP contribution in [0.15, 0.2) is 115 Å². The maximum absolute atomic E-state index is 13.5. The summed E-state index contributed by atoms with van der Waals surface area (Å²) >= 11 is 6.03. The molecular weight excluding hydrogens is 710 g/mol. The van der Waals surface area contributed by atoms with Crippen molar-refractivity contribution in [2.24, 2.45) is 0 Å². The Labute approximate surface area is 294 Å². The van der Waals surface area contributed by atoms with Gasteiger partial charge in [0.05, 0.1) is 33.2 Å². The molecule has 0 bridgehead atoms. The number of aromatic amines is 1. The molecule has 0 saturated carbocycles. The number of H-pyrrole nitrogens is 1. The first kappa shape index (κ1) is 34.4. The molecule has 8 aromatic rings. The third-order valence-corrected chi connectivity index (χ3v) is 8.42. The molecule has 0 amide bonds. The van der Waals surface area contributed by atoms with Crippen molar-refractivity contribution < 1.29 is 26.3 Å². The fraction of sp³-hybridized carbons (Fsp3) is 0.111.